The number of hydrogen-bond acceptors (Lipinski definition) is 14. The smallest absolute Gasteiger partial charge is 0.370 e. The number of carboxylic acid groups (broad SMARTS) is 1. The number of ether oxygens (including phenoxy) is 2. The van der Waals surface area contributed by atoms with Crippen LogP contribution in [0.1, 0.15) is 26.7 Å². The molecule has 2 aliphatic heterocycles. The molecule has 0 aliphatic carbocycles. The molecule has 0 unspecified atom stereocenters. The number of allylic oxidation sites excluding steroid dienone is 1. The molecule has 2 heterocycles. The maximum atomic E-state index is 11.5. The van der Waals surface area contributed by atoms with E-state index in [0.717, 1.165) is 6.08 Å². The number of aliphatic imine (C=N–C) groups is 2. The Morgan fingerprint density at radius 3 is 1.53 bits per heavy atom. The first-order valence-corrected chi connectivity index (χ1v) is 13.5. The van der Waals surface area contributed by atoms with Gasteiger partial charge < -0.3 is 77.7 Å². The van der Waals surface area contributed by atoms with E-state index in [1.807, 2.05) is 0 Å². The maximum Gasteiger partial charge on any atom is 0.370 e. The number of ketones is 2. The molecule has 15 N–H and O–H groups in total. The first-order valence-electron chi connectivity index (χ1n) is 13.5. The quantitative estimate of drug-likeness (QED) is 0.0476. The molecular formula is C26H42N6O13. The van der Waals surface area contributed by atoms with Crippen molar-refractivity contribution < 1.29 is 64.4 Å². The fourth-order valence-corrected chi connectivity index (χ4v) is 4.75. The predicted octanol–water partition coefficient (Wildman–Crippen LogP) is -5.28. The highest BCUT2D eigenvalue weighted by Gasteiger charge is 2.44. The van der Waals surface area contributed by atoms with Gasteiger partial charge in [0.1, 0.15) is 48.2 Å². The van der Waals surface area contributed by atoms with Gasteiger partial charge in [0, 0.05) is 24.7 Å². The molecule has 45 heavy (non-hydrogen) atoms. The summed E-state index contributed by atoms with van der Waals surface area (Å²) in [5, 5.41) is 66.4. The van der Waals surface area contributed by atoms with Gasteiger partial charge in [-0.2, -0.15) is 0 Å². The number of aldehydes is 1. The van der Waals surface area contributed by atoms with Gasteiger partial charge in [-0.1, -0.05) is 0 Å². The van der Waals surface area contributed by atoms with Gasteiger partial charge in [0.2, 0.25) is 5.76 Å². The summed E-state index contributed by atoms with van der Waals surface area (Å²) in [4.78, 5) is 52.8. The van der Waals surface area contributed by atoms with Crippen LogP contribution in [0.15, 0.2) is 33.7 Å². The van der Waals surface area contributed by atoms with E-state index >= 15 is 0 Å². The molecule has 0 aromatic rings. The van der Waals surface area contributed by atoms with Crippen molar-refractivity contribution in [2.75, 3.05) is 13.2 Å². The summed E-state index contributed by atoms with van der Waals surface area (Å²) in [5.41, 5.74) is 21.3. The van der Waals surface area contributed by atoms with Gasteiger partial charge in [0.25, 0.3) is 0 Å². The lowest BCUT2D eigenvalue weighted by Gasteiger charge is -2.38. The summed E-state index contributed by atoms with van der Waals surface area (Å²) in [6, 6.07) is -1.71. The summed E-state index contributed by atoms with van der Waals surface area (Å²) in [5.74, 6) is -4.62. The Hall–Kier alpha value is -4.14. The Morgan fingerprint density at radius 2 is 1.20 bits per heavy atom. The van der Waals surface area contributed by atoms with Crippen molar-refractivity contribution in [2.24, 2.45) is 44.8 Å². The number of nitrogens with two attached hydrogens (primary N) is 4. The van der Waals surface area contributed by atoms with Crippen LogP contribution in [0, 0.1) is 11.8 Å². The van der Waals surface area contributed by atoms with Crippen LogP contribution >= 0.6 is 0 Å². The number of carbonyl (C=O) groups is 4. The lowest BCUT2D eigenvalue weighted by atomic mass is 9.83. The number of rotatable bonds is 14. The highest BCUT2D eigenvalue weighted by Crippen LogP contribution is 2.33. The Labute approximate surface area is 257 Å². The van der Waals surface area contributed by atoms with Gasteiger partial charge in [-0.25, -0.2) is 14.8 Å². The first-order chi connectivity index (χ1) is 21.0. The van der Waals surface area contributed by atoms with Gasteiger partial charge in [-0.15, -0.1) is 0 Å². The molecule has 2 rings (SSSR count). The molecule has 0 aromatic carbocycles. The molecule has 19 nitrogen and oxygen atoms in total. The molecule has 0 radical (unpaired) electrons. The molecule has 10 atom stereocenters. The molecular weight excluding hydrogens is 604 g/mol. The summed E-state index contributed by atoms with van der Waals surface area (Å²) in [7, 11) is 0. The second kappa shape index (κ2) is 18.0. The minimum Gasteiger partial charge on any atom is -0.484 e. The van der Waals surface area contributed by atoms with Crippen LogP contribution in [0.25, 0.3) is 0 Å². The summed E-state index contributed by atoms with van der Waals surface area (Å²) >= 11 is 0. The van der Waals surface area contributed by atoms with Crippen molar-refractivity contribution in [2.45, 2.75) is 75.4 Å². The van der Waals surface area contributed by atoms with Crippen molar-refractivity contribution >= 4 is 35.7 Å². The Balaban J connectivity index is 0.000000450. The standard InChI is InChI=1S/C13H21N3O7.C13H21N3O6/c1-5(18)2-6-7(16-13(14)15)3-9(12(21)22)23-11(6)10(20)8(19)4-17;1-6(19)2-8-9(16-13(14)15)3-7(4-17)22-12(8)11(21)10(20)5-18/h3,6-8,10-11,17,19-20H,2,4H2,1H3,(H,21,22)(H4,14,15,16);3-4,8-12,18,20-21H,2,5H2,1H3,(H4,14,15,16)/t6-,7+,8-,10-,11-;8-,9+,10-,11-,12-/m11/s1. The fraction of sp³-hybridized carbons (Fsp3) is 0.615. The fourth-order valence-electron chi connectivity index (χ4n) is 4.75. The highest BCUT2D eigenvalue weighted by molar-refractivity contribution is 5.85. The molecule has 0 spiro atoms. The van der Waals surface area contributed by atoms with E-state index in [4.69, 9.17) is 47.7 Å². The number of aliphatic hydroxyl groups excluding tert-OH is 6. The SMILES string of the molecule is CC(=O)C[C@H]1[C@H]([C@H](O)[C@H](O)CO)OC(C(=O)O)=C[C@@H]1N=C(N)N.CC(=O)C[C@H]1[C@H]([C@H](O)[C@H](O)CO)OC(C=O)=C[C@@H]1N=C(N)N. The zero-order valence-electron chi connectivity index (χ0n) is 24.6. The van der Waals surface area contributed by atoms with Crippen LogP contribution in [0.5, 0.6) is 0 Å². The van der Waals surface area contributed by atoms with E-state index in [9.17, 15) is 39.6 Å². The van der Waals surface area contributed by atoms with Crippen LogP contribution in [0.4, 0.5) is 0 Å². The van der Waals surface area contributed by atoms with Crippen LogP contribution < -0.4 is 22.9 Å². The number of nitrogens with zero attached hydrogens (tertiary/aromatic N) is 2. The normalized spacial score (nSPS) is 26.8. The van der Waals surface area contributed by atoms with Crippen LogP contribution in [0.3, 0.4) is 0 Å². The molecule has 0 bridgehead atoms. The van der Waals surface area contributed by atoms with Crippen LogP contribution in [-0.2, 0) is 28.7 Å². The number of guanidine groups is 2. The highest BCUT2D eigenvalue weighted by atomic mass is 16.5. The molecule has 0 aromatic heterocycles. The minimum atomic E-state index is -1.64. The van der Waals surface area contributed by atoms with Gasteiger partial charge in [0.15, 0.2) is 24.0 Å². The third kappa shape index (κ3) is 11.7. The van der Waals surface area contributed by atoms with Crippen molar-refractivity contribution in [1.82, 2.24) is 0 Å². The number of carbonyl (C=O) groups excluding carboxylic acids is 3. The van der Waals surface area contributed by atoms with Gasteiger partial charge in [0.05, 0.1) is 25.3 Å². The number of aliphatic hydroxyl groups is 6. The van der Waals surface area contributed by atoms with Crippen LogP contribution in [-0.4, -0.2) is 133 Å². The topological polar surface area (TPSA) is 357 Å². The second-order valence-corrected chi connectivity index (χ2v) is 10.4. The average molecular weight is 647 g/mol. The zero-order valence-corrected chi connectivity index (χ0v) is 24.6. The molecule has 0 amide bonds. The molecule has 0 saturated carbocycles. The Kier molecular flexibility index (Phi) is 15.5. The first kappa shape index (κ1) is 38.9. The average Bonchev–Trinajstić information content (AvgIpc) is 2.96. The largest absolute Gasteiger partial charge is 0.484 e. The molecule has 254 valence electrons. The monoisotopic (exact) mass is 646 g/mol. The molecule has 19 heteroatoms. The lowest BCUT2D eigenvalue weighted by Crippen LogP contribution is -2.51. The van der Waals surface area contributed by atoms with E-state index < -0.39 is 85.5 Å². The molecule has 0 saturated heterocycles. The summed E-state index contributed by atoms with van der Waals surface area (Å²) in [6.07, 6.45) is -5.92. The maximum absolute atomic E-state index is 11.5. The van der Waals surface area contributed by atoms with E-state index in [2.05, 4.69) is 9.98 Å². The van der Waals surface area contributed by atoms with Crippen molar-refractivity contribution in [1.29, 1.82) is 0 Å². The number of Topliss-reactive ketones (excluding diaryl/α,β-unsaturated/α-hetero) is 2. The van der Waals surface area contributed by atoms with Gasteiger partial charge in [-0.05, 0) is 26.0 Å². The van der Waals surface area contributed by atoms with E-state index in [1.165, 1.54) is 19.9 Å². The predicted molar refractivity (Wildman–Crippen MR) is 155 cm³/mol. The van der Waals surface area contributed by atoms with Crippen molar-refractivity contribution in [3.63, 3.8) is 0 Å². The molecule has 0 fully saturated rings. The van der Waals surface area contributed by atoms with E-state index in [1.54, 1.807) is 0 Å². The number of carboxylic acids is 1. The molecule has 2 aliphatic rings. The van der Waals surface area contributed by atoms with Crippen molar-refractivity contribution in [3.05, 3.63) is 23.7 Å². The number of aliphatic carboxylic acids is 1. The Morgan fingerprint density at radius 1 is 0.800 bits per heavy atom. The third-order valence-electron chi connectivity index (χ3n) is 6.72. The van der Waals surface area contributed by atoms with Gasteiger partial charge in [-0.3, -0.25) is 4.79 Å². The summed E-state index contributed by atoms with van der Waals surface area (Å²) < 4.78 is 10.5. The third-order valence-corrected chi connectivity index (χ3v) is 6.72. The number of hydrogen-bond donors (Lipinski definition) is 11. The van der Waals surface area contributed by atoms with E-state index in [0.29, 0.717) is 6.29 Å². The zero-order chi connectivity index (χ0) is 34.6. The summed E-state index contributed by atoms with van der Waals surface area (Å²) in [6.45, 7) is 1.17. The van der Waals surface area contributed by atoms with Crippen molar-refractivity contribution in [3.8, 4) is 0 Å². The van der Waals surface area contributed by atoms with Gasteiger partial charge >= 0.3 is 5.97 Å². The lowest BCUT2D eigenvalue weighted by molar-refractivity contribution is -0.148. The van der Waals surface area contributed by atoms with Crippen LogP contribution in [0.2, 0.25) is 0 Å². The Bertz CT molecular complexity index is 1170. The second-order valence-electron chi connectivity index (χ2n) is 10.4. The van der Waals surface area contributed by atoms with E-state index in [-0.39, 0.29) is 42.1 Å². The minimum absolute atomic E-state index is 0.0377.